The molecule has 2 aromatic rings. The lowest BCUT2D eigenvalue weighted by Gasteiger charge is -2.19. The van der Waals surface area contributed by atoms with Crippen molar-refractivity contribution in [2.45, 2.75) is 36.5 Å². The Balaban J connectivity index is 1.87. The van der Waals surface area contributed by atoms with Crippen molar-refractivity contribution in [2.24, 2.45) is 5.92 Å². The first kappa shape index (κ1) is 17.3. The van der Waals surface area contributed by atoms with Gasteiger partial charge in [0.25, 0.3) is 0 Å². The molecule has 1 aliphatic rings. The lowest BCUT2D eigenvalue weighted by molar-refractivity contribution is 0.604. The van der Waals surface area contributed by atoms with E-state index in [4.69, 9.17) is 0 Å². The minimum absolute atomic E-state index is 0.248. The van der Waals surface area contributed by atoms with Crippen LogP contribution in [0.25, 0.3) is 4.13 Å². The van der Waals surface area contributed by atoms with Crippen LogP contribution in [0.3, 0.4) is 0 Å². The number of benzene rings is 2. The fraction of sp³-hybridized carbons (Fsp3) is 0.263. The molecular weight excluding hydrogens is 338 g/mol. The molecule has 2 aromatic carbocycles. The van der Waals surface area contributed by atoms with Gasteiger partial charge in [-0.3, -0.25) is 0 Å². The summed E-state index contributed by atoms with van der Waals surface area (Å²) in [6.45, 7) is 3.95. The zero-order valence-corrected chi connectivity index (χ0v) is 15.5. The van der Waals surface area contributed by atoms with E-state index in [1.165, 1.54) is 12.8 Å². The SMILES string of the molecule is Cc1ccc([S+](/C=C\C2CC2)[N-]S(=O)(=O)c2ccc(C)cc2)cc1. The predicted molar refractivity (Wildman–Crippen MR) is 100 cm³/mol. The lowest BCUT2D eigenvalue weighted by atomic mass is 10.2. The third kappa shape index (κ3) is 4.50. The van der Waals surface area contributed by atoms with E-state index in [9.17, 15) is 8.42 Å². The molecule has 0 spiro atoms. The van der Waals surface area contributed by atoms with Gasteiger partial charge >= 0.3 is 0 Å². The minimum atomic E-state index is -3.68. The molecular formula is C19H21NO2S2. The van der Waals surface area contributed by atoms with Crippen LogP contribution in [0.15, 0.2) is 69.8 Å². The van der Waals surface area contributed by atoms with Gasteiger partial charge in [0.2, 0.25) is 0 Å². The van der Waals surface area contributed by atoms with Crippen molar-refractivity contribution in [3.05, 3.63) is 75.3 Å². The van der Waals surface area contributed by atoms with Crippen molar-refractivity contribution in [3.8, 4) is 0 Å². The van der Waals surface area contributed by atoms with Crippen LogP contribution in [0.1, 0.15) is 24.0 Å². The van der Waals surface area contributed by atoms with Crippen molar-refractivity contribution in [1.82, 2.24) is 0 Å². The molecule has 126 valence electrons. The van der Waals surface area contributed by atoms with Crippen molar-refractivity contribution in [1.29, 1.82) is 0 Å². The first-order valence-corrected chi connectivity index (χ1v) is 10.7. The summed E-state index contributed by atoms with van der Waals surface area (Å²) in [6, 6.07) is 14.8. The number of rotatable bonds is 6. The second-order valence-corrected chi connectivity index (χ2v) is 9.55. The van der Waals surface area contributed by atoms with Crippen LogP contribution >= 0.6 is 0 Å². The van der Waals surface area contributed by atoms with E-state index >= 15 is 0 Å². The summed E-state index contributed by atoms with van der Waals surface area (Å²) in [5, 5.41) is 1.95. The average molecular weight is 360 g/mol. The van der Waals surface area contributed by atoms with Crippen molar-refractivity contribution in [2.75, 3.05) is 0 Å². The van der Waals surface area contributed by atoms with E-state index < -0.39 is 21.1 Å². The maximum atomic E-state index is 12.7. The van der Waals surface area contributed by atoms with Crippen LogP contribution in [0.4, 0.5) is 0 Å². The Bertz CT molecular complexity index is 821. The number of allylic oxidation sites excluding steroid dienone is 1. The molecule has 0 heterocycles. The summed E-state index contributed by atoms with van der Waals surface area (Å²) < 4.78 is 29.5. The normalized spacial score (nSPS) is 16.4. The third-order valence-corrected chi connectivity index (χ3v) is 7.33. The molecule has 0 saturated heterocycles. The van der Waals surface area contributed by atoms with Gasteiger partial charge in [-0.25, -0.2) is 8.42 Å². The van der Waals surface area contributed by atoms with E-state index in [1.807, 2.05) is 43.5 Å². The second-order valence-electron chi connectivity index (χ2n) is 6.16. The van der Waals surface area contributed by atoms with Crippen molar-refractivity contribution in [3.63, 3.8) is 0 Å². The molecule has 0 bridgehead atoms. The monoisotopic (exact) mass is 359 g/mol. The topological polar surface area (TPSA) is 48.2 Å². The largest absolute Gasteiger partial charge is 0.302 e. The molecule has 0 radical (unpaired) electrons. The van der Waals surface area contributed by atoms with Crippen molar-refractivity contribution >= 4 is 21.1 Å². The van der Waals surface area contributed by atoms with Crippen molar-refractivity contribution < 1.29 is 8.42 Å². The number of hydrogen-bond acceptors (Lipinski definition) is 2. The molecule has 5 heteroatoms. The Hall–Kier alpha value is -1.56. The molecule has 24 heavy (non-hydrogen) atoms. The maximum Gasteiger partial charge on any atom is 0.148 e. The molecule has 1 unspecified atom stereocenters. The molecule has 1 fully saturated rings. The Morgan fingerprint density at radius 1 is 0.958 bits per heavy atom. The standard InChI is InChI=1S/C19H21NO2S2/c1-15-3-9-18(10-4-15)23(14-13-17-7-8-17)20-24(21,22)19-11-5-16(2)6-12-19/h3-6,9-14,17H,7-8H2,1-2H3/b14-13-. The number of aryl methyl sites for hydroxylation is 2. The highest BCUT2D eigenvalue weighted by Gasteiger charge is 2.22. The molecule has 1 saturated carbocycles. The van der Waals surface area contributed by atoms with Crippen LogP contribution < -0.4 is 0 Å². The highest BCUT2D eigenvalue weighted by Crippen LogP contribution is 2.34. The summed E-state index contributed by atoms with van der Waals surface area (Å²) in [5.74, 6) is 0.586. The summed E-state index contributed by atoms with van der Waals surface area (Å²) in [7, 11) is -3.68. The number of sulfonamides is 1. The van der Waals surface area contributed by atoms with Gasteiger partial charge in [-0.15, -0.1) is 0 Å². The van der Waals surface area contributed by atoms with E-state index in [-0.39, 0.29) is 4.90 Å². The first-order valence-electron chi connectivity index (χ1n) is 7.97. The Morgan fingerprint density at radius 2 is 1.50 bits per heavy atom. The van der Waals surface area contributed by atoms with Crippen LogP contribution in [-0.4, -0.2) is 8.42 Å². The molecule has 3 nitrogen and oxygen atoms in total. The van der Waals surface area contributed by atoms with E-state index in [2.05, 4.69) is 10.2 Å². The predicted octanol–water partition coefficient (Wildman–Crippen LogP) is 4.88. The Morgan fingerprint density at radius 3 is 2.04 bits per heavy atom. The molecule has 0 N–H and O–H groups in total. The van der Waals surface area contributed by atoms with Crippen LogP contribution in [0.5, 0.6) is 0 Å². The smallest absolute Gasteiger partial charge is 0.148 e. The van der Waals surface area contributed by atoms with Gasteiger partial charge in [0.05, 0.1) is 4.90 Å². The quantitative estimate of drug-likeness (QED) is 0.690. The first-order chi connectivity index (χ1) is 11.4. The third-order valence-electron chi connectivity index (χ3n) is 3.86. The summed E-state index contributed by atoms with van der Waals surface area (Å²) >= 11 is -0.796. The van der Waals surface area contributed by atoms with Gasteiger partial charge in [-0.1, -0.05) is 35.4 Å². The van der Waals surface area contributed by atoms with Gasteiger partial charge in [0.15, 0.2) is 0 Å². The zero-order chi connectivity index (χ0) is 17.2. The minimum Gasteiger partial charge on any atom is -0.302 e. The van der Waals surface area contributed by atoms with E-state index in [0.717, 1.165) is 16.0 Å². The fourth-order valence-electron chi connectivity index (χ4n) is 2.16. The Labute approximate surface area is 147 Å². The van der Waals surface area contributed by atoms with E-state index in [1.54, 1.807) is 24.3 Å². The Kier molecular flexibility index (Phi) is 5.13. The summed E-state index contributed by atoms with van der Waals surface area (Å²) in [5.41, 5.74) is 2.18. The molecule has 3 rings (SSSR count). The van der Waals surface area contributed by atoms with Crippen LogP contribution in [0.2, 0.25) is 0 Å². The lowest BCUT2D eigenvalue weighted by Crippen LogP contribution is -2.07. The van der Waals surface area contributed by atoms with Gasteiger partial charge in [0.1, 0.15) is 20.3 Å². The summed E-state index contributed by atoms with van der Waals surface area (Å²) in [4.78, 5) is 1.17. The molecule has 0 aromatic heterocycles. The van der Waals surface area contributed by atoms with Gasteiger partial charge in [-0.05, 0) is 74.0 Å². The van der Waals surface area contributed by atoms with Gasteiger partial charge < -0.3 is 4.13 Å². The van der Waals surface area contributed by atoms with Gasteiger partial charge in [0, 0.05) is 0 Å². The summed E-state index contributed by atoms with van der Waals surface area (Å²) in [6.07, 6.45) is 4.48. The number of nitrogens with zero attached hydrogens (tertiary/aromatic N) is 1. The molecule has 0 aliphatic heterocycles. The van der Waals surface area contributed by atoms with Crippen LogP contribution in [0, 0.1) is 19.8 Å². The highest BCUT2D eigenvalue weighted by molar-refractivity contribution is 8.16. The fourth-order valence-corrected chi connectivity index (χ4v) is 5.31. The molecule has 1 aliphatic carbocycles. The number of hydrogen-bond donors (Lipinski definition) is 0. The highest BCUT2D eigenvalue weighted by atomic mass is 32.3. The van der Waals surface area contributed by atoms with Crippen LogP contribution in [-0.2, 0) is 21.1 Å². The van der Waals surface area contributed by atoms with E-state index in [0.29, 0.717) is 5.92 Å². The second kappa shape index (κ2) is 7.13. The molecule has 1 atom stereocenters. The average Bonchev–Trinajstić information content (AvgIpc) is 3.37. The van der Waals surface area contributed by atoms with Gasteiger partial charge in [-0.2, -0.15) is 0 Å². The zero-order valence-electron chi connectivity index (χ0n) is 13.8. The maximum absolute atomic E-state index is 12.7. The molecule has 0 amide bonds.